The average Bonchev–Trinajstić information content (AvgIpc) is 2.75. The third kappa shape index (κ3) is 5.04. The standard InChI is InChI=1S/C24H21FN4O3S/c1-14-8-21(29-23(25)9-14)19-7-6-17-12-26-18(11-20(17)28-19)13-27-24(30)16-5-4-15(2)22(10-16)33(3,31)32/h4-12H,13H2,1-3H3,(H,27,30). The molecular weight excluding hydrogens is 443 g/mol. The summed E-state index contributed by atoms with van der Waals surface area (Å²) < 4.78 is 37.5. The summed E-state index contributed by atoms with van der Waals surface area (Å²) in [6.07, 6.45) is 2.75. The number of carbonyl (C=O) groups is 1. The molecule has 4 aromatic rings. The molecule has 0 saturated carbocycles. The van der Waals surface area contributed by atoms with Gasteiger partial charge in [-0.1, -0.05) is 6.07 Å². The first-order valence-electron chi connectivity index (χ1n) is 10.1. The van der Waals surface area contributed by atoms with Crippen molar-refractivity contribution in [1.82, 2.24) is 20.3 Å². The first kappa shape index (κ1) is 22.5. The number of nitrogens with zero attached hydrogens (tertiary/aromatic N) is 3. The van der Waals surface area contributed by atoms with Gasteiger partial charge in [-0.3, -0.25) is 9.78 Å². The number of hydrogen-bond donors (Lipinski definition) is 1. The van der Waals surface area contributed by atoms with Crippen LogP contribution in [0.2, 0.25) is 0 Å². The molecule has 0 aliphatic carbocycles. The summed E-state index contributed by atoms with van der Waals surface area (Å²) in [4.78, 5) is 25.5. The Hall–Kier alpha value is -3.72. The van der Waals surface area contributed by atoms with E-state index in [-0.39, 0.29) is 17.0 Å². The van der Waals surface area contributed by atoms with Gasteiger partial charge in [0.25, 0.3) is 5.91 Å². The number of sulfone groups is 1. The minimum absolute atomic E-state index is 0.122. The summed E-state index contributed by atoms with van der Waals surface area (Å²) in [7, 11) is -3.44. The number of aromatic nitrogens is 3. The first-order valence-corrected chi connectivity index (χ1v) is 12.0. The quantitative estimate of drug-likeness (QED) is 0.451. The topological polar surface area (TPSA) is 102 Å². The monoisotopic (exact) mass is 464 g/mol. The number of amides is 1. The fraction of sp³-hybridized carbons (Fsp3) is 0.167. The van der Waals surface area contributed by atoms with E-state index in [1.54, 1.807) is 50.4 Å². The van der Waals surface area contributed by atoms with Crippen LogP contribution >= 0.6 is 0 Å². The van der Waals surface area contributed by atoms with Crippen LogP contribution in [0.1, 0.15) is 27.2 Å². The third-order valence-corrected chi connectivity index (χ3v) is 6.35. The molecule has 3 heterocycles. The average molecular weight is 465 g/mol. The molecule has 1 N–H and O–H groups in total. The Kier molecular flexibility index (Phi) is 5.90. The lowest BCUT2D eigenvalue weighted by atomic mass is 10.1. The van der Waals surface area contributed by atoms with Crippen LogP contribution in [0, 0.1) is 19.8 Å². The summed E-state index contributed by atoms with van der Waals surface area (Å²) >= 11 is 0. The molecular formula is C24H21FN4O3S. The van der Waals surface area contributed by atoms with Gasteiger partial charge in [0.2, 0.25) is 5.95 Å². The number of carbonyl (C=O) groups excluding carboxylic acids is 1. The molecule has 33 heavy (non-hydrogen) atoms. The molecule has 0 atom stereocenters. The maximum atomic E-state index is 13.7. The van der Waals surface area contributed by atoms with E-state index in [1.807, 2.05) is 6.07 Å². The van der Waals surface area contributed by atoms with Crippen LogP contribution in [0.25, 0.3) is 22.3 Å². The van der Waals surface area contributed by atoms with Gasteiger partial charge in [-0.2, -0.15) is 4.39 Å². The predicted molar refractivity (Wildman–Crippen MR) is 123 cm³/mol. The highest BCUT2D eigenvalue weighted by molar-refractivity contribution is 7.90. The van der Waals surface area contributed by atoms with Gasteiger partial charge in [-0.05, 0) is 67.4 Å². The van der Waals surface area contributed by atoms with Crippen molar-refractivity contribution in [3.05, 3.63) is 83.1 Å². The Labute approximate surface area is 190 Å². The van der Waals surface area contributed by atoms with Crippen molar-refractivity contribution >= 4 is 26.6 Å². The summed E-state index contributed by atoms with van der Waals surface area (Å²) in [5.41, 5.74) is 3.73. The zero-order valence-electron chi connectivity index (χ0n) is 18.3. The minimum Gasteiger partial charge on any atom is -0.346 e. The number of aryl methyl sites for hydroxylation is 2. The van der Waals surface area contributed by atoms with E-state index in [4.69, 9.17) is 0 Å². The highest BCUT2D eigenvalue weighted by atomic mass is 32.2. The maximum Gasteiger partial charge on any atom is 0.251 e. The van der Waals surface area contributed by atoms with Gasteiger partial charge in [0, 0.05) is 23.4 Å². The molecule has 9 heteroatoms. The van der Waals surface area contributed by atoms with Crippen molar-refractivity contribution < 1.29 is 17.6 Å². The van der Waals surface area contributed by atoms with Crippen LogP contribution in [0.15, 0.2) is 59.6 Å². The second kappa shape index (κ2) is 8.67. The number of hydrogen-bond acceptors (Lipinski definition) is 6. The number of pyridine rings is 3. The molecule has 0 fully saturated rings. The smallest absolute Gasteiger partial charge is 0.251 e. The highest BCUT2D eigenvalue weighted by Gasteiger charge is 2.15. The molecule has 0 aliphatic heterocycles. The van der Waals surface area contributed by atoms with Gasteiger partial charge in [-0.25, -0.2) is 18.4 Å². The van der Waals surface area contributed by atoms with E-state index in [2.05, 4.69) is 20.3 Å². The molecule has 0 spiro atoms. The van der Waals surface area contributed by atoms with Crippen molar-refractivity contribution in [1.29, 1.82) is 0 Å². The maximum absolute atomic E-state index is 13.7. The molecule has 7 nitrogen and oxygen atoms in total. The lowest BCUT2D eigenvalue weighted by Crippen LogP contribution is -2.23. The zero-order valence-corrected chi connectivity index (χ0v) is 19.1. The minimum atomic E-state index is -3.44. The van der Waals surface area contributed by atoms with Gasteiger partial charge >= 0.3 is 0 Å². The van der Waals surface area contributed by atoms with Crippen LogP contribution in [-0.4, -0.2) is 35.5 Å². The summed E-state index contributed by atoms with van der Waals surface area (Å²) in [5, 5.41) is 3.54. The van der Waals surface area contributed by atoms with E-state index in [0.717, 1.165) is 17.2 Å². The van der Waals surface area contributed by atoms with E-state index >= 15 is 0 Å². The SMILES string of the molecule is Cc1cc(F)nc(-c2ccc3cnc(CNC(=O)c4ccc(C)c(S(C)(=O)=O)c4)cc3n2)c1. The molecule has 3 aromatic heterocycles. The van der Waals surface area contributed by atoms with E-state index in [0.29, 0.717) is 28.2 Å². The second-order valence-electron chi connectivity index (χ2n) is 7.85. The van der Waals surface area contributed by atoms with Crippen LogP contribution < -0.4 is 5.32 Å². The second-order valence-corrected chi connectivity index (χ2v) is 9.84. The zero-order chi connectivity index (χ0) is 23.8. The first-order chi connectivity index (χ1) is 15.6. The molecule has 4 rings (SSSR count). The van der Waals surface area contributed by atoms with Gasteiger partial charge in [0.15, 0.2) is 9.84 Å². The largest absolute Gasteiger partial charge is 0.346 e. The Morgan fingerprint density at radius 1 is 1.00 bits per heavy atom. The van der Waals surface area contributed by atoms with Crippen LogP contribution in [-0.2, 0) is 16.4 Å². The Morgan fingerprint density at radius 3 is 2.52 bits per heavy atom. The van der Waals surface area contributed by atoms with Gasteiger partial charge in [0.1, 0.15) is 0 Å². The molecule has 0 unspecified atom stereocenters. The number of rotatable bonds is 5. The highest BCUT2D eigenvalue weighted by Crippen LogP contribution is 2.21. The van der Waals surface area contributed by atoms with Crippen LogP contribution in [0.4, 0.5) is 4.39 Å². The van der Waals surface area contributed by atoms with Gasteiger partial charge in [0.05, 0.1) is 34.0 Å². The lowest BCUT2D eigenvalue weighted by molar-refractivity contribution is 0.0950. The van der Waals surface area contributed by atoms with Crippen molar-refractivity contribution in [2.45, 2.75) is 25.3 Å². The number of halogens is 1. The van der Waals surface area contributed by atoms with E-state index < -0.39 is 21.7 Å². The number of benzene rings is 1. The van der Waals surface area contributed by atoms with Crippen LogP contribution in [0.3, 0.4) is 0 Å². The Bertz CT molecular complexity index is 1480. The Balaban J connectivity index is 1.56. The molecule has 0 radical (unpaired) electrons. The normalized spacial score (nSPS) is 11.5. The lowest BCUT2D eigenvalue weighted by Gasteiger charge is -2.09. The molecule has 168 valence electrons. The van der Waals surface area contributed by atoms with Gasteiger partial charge in [-0.15, -0.1) is 0 Å². The predicted octanol–water partition coefficient (Wildman–Crippen LogP) is 3.78. The third-order valence-electron chi connectivity index (χ3n) is 5.11. The molecule has 0 bridgehead atoms. The number of fused-ring (bicyclic) bond motifs is 1. The van der Waals surface area contributed by atoms with Crippen molar-refractivity contribution in [2.24, 2.45) is 0 Å². The molecule has 0 aliphatic rings. The Morgan fingerprint density at radius 2 is 1.79 bits per heavy atom. The summed E-state index contributed by atoms with van der Waals surface area (Å²) in [6, 6.07) is 13.0. The van der Waals surface area contributed by atoms with Gasteiger partial charge < -0.3 is 5.32 Å². The summed E-state index contributed by atoms with van der Waals surface area (Å²) in [5.74, 6) is -0.983. The molecule has 1 aromatic carbocycles. The van der Waals surface area contributed by atoms with E-state index in [1.165, 1.54) is 12.1 Å². The fourth-order valence-corrected chi connectivity index (χ4v) is 4.46. The summed E-state index contributed by atoms with van der Waals surface area (Å²) in [6.45, 7) is 3.59. The van der Waals surface area contributed by atoms with Crippen molar-refractivity contribution in [2.75, 3.05) is 6.26 Å². The fourth-order valence-electron chi connectivity index (χ4n) is 3.47. The van der Waals surface area contributed by atoms with Crippen molar-refractivity contribution in [3.8, 4) is 11.4 Å². The van der Waals surface area contributed by atoms with Crippen LogP contribution in [0.5, 0.6) is 0 Å². The number of nitrogens with one attached hydrogen (secondary N) is 1. The van der Waals surface area contributed by atoms with E-state index in [9.17, 15) is 17.6 Å². The van der Waals surface area contributed by atoms with Crippen molar-refractivity contribution in [3.63, 3.8) is 0 Å². The molecule has 0 saturated heterocycles. The molecule has 1 amide bonds.